The maximum atomic E-state index is 11.9. The van der Waals surface area contributed by atoms with Crippen molar-refractivity contribution in [1.29, 1.82) is 0 Å². The Balaban J connectivity index is 1.97. The summed E-state index contributed by atoms with van der Waals surface area (Å²) in [6.07, 6.45) is 2.94. The van der Waals surface area contributed by atoms with E-state index in [2.05, 4.69) is 38.2 Å². The number of nitrogens with one attached hydrogen (secondary N) is 1. The van der Waals surface area contributed by atoms with Crippen LogP contribution in [0, 0.1) is 5.92 Å². The van der Waals surface area contributed by atoms with Crippen molar-refractivity contribution in [1.82, 2.24) is 14.7 Å². The Hall–Kier alpha value is -0.880. The van der Waals surface area contributed by atoms with Gasteiger partial charge in [0.2, 0.25) is 0 Å². The van der Waals surface area contributed by atoms with Crippen molar-refractivity contribution < 1.29 is 0 Å². The Morgan fingerprint density at radius 1 is 1.47 bits per heavy atom. The highest BCUT2D eigenvalue weighted by molar-refractivity contribution is 9.10. The van der Waals surface area contributed by atoms with Crippen molar-refractivity contribution >= 4 is 21.6 Å². The first-order chi connectivity index (χ1) is 9.15. The molecular weight excluding hydrogens is 308 g/mol. The lowest BCUT2D eigenvalue weighted by Crippen LogP contribution is -2.25. The third-order valence-electron chi connectivity index (χ3n) is 3.68. The lowest BCUT2D eigenvalue weighted by atomic mass is 10.1. The summed E-state index contributed by atoms with van der Waals surface area (Å²) < 4.78 is 2.03. The van der Waals surface area contributed by atoms with Gasteiger partial charge >= 0.3 is 0 Å². The first-order valence-electron chi connectivity index (χ1n) is 6.87. The summed E-state index contributed by atoms with van der Waals surface area (Å²) >= 11 is 3.36. The third-order valence-corrected chi connectivity index (χ3v) is 4.45. The van der Waals surface area contributed by atoms with Crippen LogP contribution >= 0.6 is 15.9 Å². The zero-order chi connectivity index (χ0) is 13.8. The van der Waals surface area contributed by atoms with Crippen molar-refractivity contribution in [3.05, 3.63) is 21.0 Å². The van der Waals surface area contributed by atoms with Crippen molar-refractivity contribution in [2.24, 2.45) is 5.92 Å². The maximum absolute atomic E-state index is 11.9. The molecule has 0 aromatic carbocycles. The molecule has 1 atom stereocenters. The molecule has 0 radical (unpaired) electrons. The van der Waals surface area contributed by atoms with Gasteiger partial charge in [-0.25, -0.2) is 4.68 Å². The summed E-state index contributed by atoms with van der Waals surface area (Å²) in [4.78, 5) is 14.4. The molecule has 6 heteroatoms. The lowest BCUT2D eigenvalue weighted by Gasteiger charge is -2.15. The topological polar surface area (TPSA) is 50.2 Å². The molecule has 19 heavy (non-hydrogen) atoms. The Bertz CT molecular complexity index is 488. The van der Waals surface area contributed by atoms with Gasteiger partial charge in [0.15, 0.2) is 0 Å². The largest absolute Gasteiger partial charge is 0.382 e. The summed E-state index contributed by atoms with van der Waals surface area (Å²) in [5.41, 5.74) is 0.721. The molecule has 0 aliphatic carbocycles. The molecule has 1 aromatic rings. The first-order valence-corrected chi connectivity index (χ1v) is 7.66. The predicted octanol–water partition coefficient (Wildman–Crippen LogP) is 1.78. The number of nitrogens with zero attached hydrogens (tertiary/aromatic N) is 3. The van der Waals surface area contributed by atoms with E-state index in [-0.39, 0.29) is 5.56 Å². The Morgan fingerprint density at radius 2 is 2.26 bits per heavy atom. The Kier molecular flexibility index (Phi) is 4.99. The Labute approximate surface area is 122 Å². The number of halogens is 1. The van der Waals surface area contributed by atoms with Crippen LogP contribution in [-0.2, 0) is 6.54 Å². The maximum Gasteiger partial charge on any atom is 0.283 e. The molecule has 0 saturated carbocycles. The van der Waals surface area contributed by atoms with Crippen LogP contribution in [-0.4, -0.2) is 40.9 Å². The van der Waals surface area contributed by atoms with E-state index >= 15 is 0 Å². The molecule has 0 amide bonds. The fourth-order valence-corrected chi connectivity index (χ4v) is 2.88. The molecule has 0 bridgehead atoms. The van der Waals surface area contributed by atoms with Crippen LogP contribution in [0.5, 0.6) is 0 Å². The van der Waals surface area contributed by atoms with E-state index in [0.717, 1.165) is 25.3 Å². The van der Waals surface area contributed by atoms with Gasteiger partial charge in [-0.1, -0.05) is 6.92 Å². The third kappa shape index (κ3) is 3.36. The molecule has 1 aromatic heterocycles. The molecule has 2 heterocycles. The highest BCUT2D eigenvalue weighted by Gasteiger charge is 2.21. The van der Waals surface area contributed by atoms with Crippen molar-refractivity contribution in [3.8, 4) is 0 Å². The second-order valence-electron chi connectivity index (χ2n) is 4.92. The van der Waals surface area contributed by atoms with Gasteiger partial charge in [0.05, 0.1) is 11.9 Å². The Morgan fingerprint density at radius 3 is 2.89 bits per heavy atom. The molecule has 106 valence electrons. The number of aryl methyl sites for hydroxylation is 1. The number of rotatable bonds is 5. The van der Waals surface area contributed by atoms with Gasteiger partial charge in [-0.05, 0) is 48.3 Å². The van der Waals surface area contributed by atoms with Gasteiger partial charge < -0.3 is 10.2 Å². The summed E-state index contributed by atoms with van der Waals surface area (Å²) in [6.45, 7) is 9.03. The molecule has 1 saturated heterocycles. The first kappa shape index (κ1) is 14.5. The summed E-state index contributed by atoms with van der Waals surface area (Å²) in [6, 6.07) is 0. The molecule has 5 nitrogen and oxygen atoms in total. The fraction of sp³-hybridized carbons (Fsp3) is 0.692. The van der Waals surface area contributed by atoms with Crippen molar-refractivity contribution in [2.45, 2.75) is 26.8 Å². The van der Waals surface area contributed by atoms with Crippen molar-refractivity contribution in [2.75, 3.05) is 31.5 Å². The molecule has 1 aliphatic rings. The smallest absolute Gasteiger partial charge is 0.283 e. The predicted molar refractivity (Wildman–Crippen MR) is 80.6 cm³/mol. The summed E-state index contributed by atoms with van der Waals surface area (Å²) in [7, 11) is 0. The number of hydrogen-bond donors (Lipinski definition) is 1. The standard InChI is InChI=1S/C13H21BrN4O/c1-3-17-6-5-10(9-17)7-15-11-8-16-18(4-2)13(19)12(11)14/h8,10,15H,3-7,9H2,1-2H3. The van der Waals surface area contributed by atoms with Gasteiger partial charge in [-0.3, -0.25) is 4.79 Å². The monoisotopic (exact) mass is 328 g/mol. The van der Waals surface area contributed by atoms with Gasteiger partial charge in [-0.15, -0.1) is 0 Å². The number of likely N-dealkylation sites (tertiary alicyclic amines) is 1. The van der Waals surface area contributed by atoms with Crippen molar-refractivity contribution in [3.63, 3.8) is 0 Å². The van der Waals surface area contributed by atoms with Crippen LogP contribution in [0.4, 0.5) is 5.69 Å². The quantitative estimate of drug-likeness (QED) is 0.895. The lowest BCUT2D eigenvalue weighted by molar-refractivity contribution is 0.345. The zero-order valence-corrected chi connectivity index (χ0v) is 13.1. The van der Waals surface area contributed by atoms with E-state index in [4.69, 9.17) is 0 Å². The number of aromatic nitrogens is 2. The fourth-order valence-electron chi connectivity index (χ4n) is 2.43. The molecule has 1 aliphatic heterocycles. The van der Waals surface area contributed by atoms with E-state index in [1.807, 2.05) is 6.92 Å². The summed E-state index contributed by atoms with van der Waals surface area (Å²) in [5.74, 6) is 0.653. The average molecular weight is 329 g/mol. The number of anilines is 1. The minimum atomic E-state index is -0.0749. The minimum absolute atomic E-state index is 0.0749. The second kappa shape index (κ2) is 6.52. The highest BCUT2D eigenvalue weighted by atomic mass is 79.9. The van der Waals surface area contributed by atoms with Crippen LogP contribution in [0.15, 0.2) is 15.5 Å². The molecule has 1 unspecified atom stereocenters. The molecule has 2 rings (SSSR count). The normalized spacial score (nSPS) is 19.8. The summed E-state index contributed by atoms with van der Waals surface area (Å²) in [5, 5.41) is 7.48. The van der Waals surface area contributed by atoms with Crippen LogP contribution in [0.25, 0.3) is 0 Å². The molecule has 0 spiro atoms. The van der Waals surface area contributed by atoms with E-state index in [0.29, 0.717) is 16.9 Å². The van der Waals surface area contributed by atoms with Crippen LogP contribution in [0.3, 0.4) is 0 Å². The van der Waals surface area contributed by atoms with E-state index in [1.165, 1.54) is 17.6 Å². The van der Waals surface area contributed by atoms with Gasteiger partial charge in [-0.2, -0.15) is 5.10 Å². The van der Waals surface area contributed by atoms with Gasteiger partial charge in [0.1, 0.15) is 4.47 Å². The average Bonchev–Trinajstić information content (AvgIpc) is 2.88. The van der Waals surface area contributed by atoms with E-state index in [9.17, 15) is 4.79 Å². The van der Waals surface area contributed by atoms with Crippen LogP contribution < -0.4 is 10.9 Å². The molecule has 1 fully saturated rings. The minimum Gasteiger partial charge on any atom is -0.382 e. The van der Waals surface area contributed by atoms with E-state index in [1.54, 1.807) is 6.20 Å². The SMILES string of the molecule is CCN1CCC(CNc2cnn(CC)c(=O)c2Br)C1. The van der Waals surface area contributed by atoms with Crippen LogP contribution in [0.2, 0.25) is 0 Å². The zero-order valence-electron chi connectivity index (χ0n) is 11.5. The van der Waals surface area contributed by atoms with E-state index < -0.39 is 0 Å². The van der Waals surface area contributed by atoms with Gasteiger partial charge in [0.25, 0.3) is 5.56 Å². The highest BCUT2D eigenvalue weighted by Crippen LogP contribution is 2.20. The van der Waals surface area contributed by atoms with Crippen LogP contribution in [0.1, 0.15) is 20.3 Å². The second-order valence-corrected chi connectivity index (χ2v) is 5.71. The number of hydrogen-bond acceptors (Lipinski definition) is 4. The van der Waals surface area contributed by atoms with Gasteiger partial charge in [0, 0.05) is 19.6 Å². The molecule has 1 N–H and O–H groups in total. The molecular formula is C13H21BrN4O.